The zero-order chi connectivity index (χ0) is 22.6. The van der Waals surface area contributed by atoms with Crippen molar-refractivity contribution in [3.8, 4) is 0 Å². The molecule has 1 N–H and O–H groups in total. The van der Waals surface area contributed by atoms with Gasteiger partial charge in [0.25, 0.3) is 11.8 Å². The smallest absolute Gasteiger partial charge is 0.260 e. The Balaban J connectivity index is 1.58. The number of nitrogens with one attached hydrogen (secondary N) is 1. The number of benzene rings is 2. The molecule has 3 amide bonds. The number of nitrogens with zero attached hydrogens (tertiary/aromatic N) is 2. The molecule has 0 spiro atoms. The van der Waals surface area contributed by atoms with Crippen molar-refractivity contribution in [2.45, 2.75) is 24.7 Å². The van der Waals surface area contributed by atoms with E-state index in [1.165, 1.54) is 22.2 Å². The van der Waals surface area contributed by atoms with E-state index in [2.05, 4.69) is 5.32 Å². The Hall–Kier alpha value is -3.20. The highest BCUT2D eigenvalue weighted by molar-refractivity contribution is 7.90. The average molecular weight is 444 g/mol. The molecule has 1 fully saturated rings. The van der Waals surface area contributed by atoms with E-state index in [1.807, 2.05) is 13.0 Å². The largest absolute Gasteiger partial charge is 0.343 e. The number of aryl methyl sites for hydroxylation is 1. The van der Waals surface area contributed by atoms with Crippen molar-refractivity contribution < 1.29 is 22.8 Å². The van der Waals surface area contributed by atoms with Gasteiger partial charge in [-0.15, -0.1) is 0 Å². The summed E-state index contributed by atoms with van der Waals surface area (Å²) in [5.74, 6) is -0.970. The Morgan fingerprint density at radius 3 is 2.23 bits per heavy atom. The summed E-state index contributed by atoms with van der Waals surface area (Å²) in [7, 11) is -3.30. The van der Waals surface area contributed by atoms with E-state index in [0.29, 0.717) is 30.6 Å². The fourth-order valence-electron chi connectivity index (χ4n) is 3.39. The van der Waals surface area contributed by atoms with Gasteiger partial charge in [-0.1, -0.05) is 29.8 Å². The lowest BCUT2D eigenvalue weighted by Gasteiger charge is -2.28. The molecule has 0 unspecified atom stereocenters. The van der Waals surface area contributed by atoms with Gasteiger partial charge in [-0.05, 0) is 43.2 Å². The van der Waals surface area contributed by atoms with Gasteiger partial charge < -0.3 is 5.32 Å². The van der Waals surface area contributed by atoms with Crippen molar-refractivity contribution in [1.82, 2.24) is 15.3 Å². The van der Waals surface area contributed by atoms with Crippen molar-refractivity contribution in [3.63, 3.8) is 0 Å². The molecule has 0 radical (unpaired) electrons. The van der Waals surface area contributed by atoms with Gasteiger partial charge >= 0.3 is 0 Å². The quantitative estimate of drug-likeness (QED) is 0.726. The highest BCUT2D eigenvalue weighted by Gasteiger charge is 2.30. The summed E-state index contributed by atoms with van der Waals surface area (Å²) in [4.78, 5) is 37.8. The van der Waals surface area contributed by atoms with Gasteiger partial charge in [0.2, 0.25) is 5.91 Å². The molecule has 3 rings (SSSR count). The molecule has 0 saturated carbocycles. The molecule has 0 aliphatic carbocycles. The molecule has 9 heteroatoms. The van der Waals surface area contributed by atoms with Crippen molar-refractivity contribution in [1.29, 1.82) is 0 Å². The molecular weight excluding hydrogens is 418 g/mol. The number of sulfone groups is 1. The number of hydrazine groups is 1. The predicted octanol–water partition coefficient (Wildman–Crippen LogP) is 1.35. The molecule has 0 aromatic heterocycles. The highest BCUT2D eigenvalue weighted by Crippen LogP contribution is 2.15. The molecule has 164 valence electrons. The molecule has 1 heterocycles. The van der Waals surface area contributed by atoms with Gasteiger partial charge in [-0.3, -0.25) is 19.4 Å². The summed E-state index contributed by atoms with van der Waals surface area (Å²) in [6, 6.07) is 13.2. The second kappa shape index (κ2) is 9.30. The fourth-order valence-corrected chi connectivity index (χ4v) is 4.02. The van der Waals surface area contributed by atoms with E-state index < -0.39 is 9.84 Å². The topological polar surface area (TPSA) is 104 Å². The molecule has 0 atom stereocenters. The van der Waals surface area contributed by atoms with Gasteiger partial charge in [-0.25, -0.2) is 13.4 Å². The van der Waals surface area contributed by atoms with E-state index in [-0.39, 0.29) is 35.6 Å². The Morgan fingerprint density at radius 1 is 0.968 bits per heavy atom. The summed E-state index contributed by atoms with van der Waals surface area (Å²) in [5, 5.41) is 5.37. The Labute approximate surface area is 181 Å². The third-order valence-electron chi connectivity index (χ3n) is 4.99. The zero-order valence-corrected chi connectivity index (χ0v) is 18.3. The molecular formula is C22H25N3O5S. The highest BCUT2D eigenvalue weighted by atomic mass is 32.2. The van der Waals surface area contributed by atoms with Crippen LogP contribution in [0.15, 0.2) is 53.4 Å². The first-order valence-corrected chi connectivity index (χ1v) is 11.8. The molecule has 2 aromatic rings. The van der Waals surface area contributed by atoms with Crippen LogP contribution in [-0.4, -0.2) is 62.0 Å². The molecule has 1 aliphatic heterocycles. The van der Waals surface area contributed by atoms with Crippen LogP contribution in [-0.2, 0) is 25.8 Å². The fraction of sp³-hybridized carbons (Fsp3) is 0.318. The molecule has 8 nitrogen and oxygen atoms in total. The average Bonchev–Trinajstić information content (AvgIpc) is 3.21. The van der Waals surface area contributed by atoms with Crippen LogP contribution in [0.5, 0.6) is 0 Å². The van der Waals surface area contributed by atoms with Crippen LogP contribution >= 0.6 is 0 Å². The lowest BCUT2D eigenvalue weighted by molar-refractivity contribution is -0.156. The summed E-state index contributed by atoms with van der Waals surface area (Å²) >= 11 is 0. The van der Waals surface area contributed by atoms with Gasteiger partial charge in [-0.2, -0.15) is 0 Å². The third kappa shape index (κ3) is 5.69. The number of carbonyl (C=O) groups excluding carboxylic acids is 3. The maximum atomic E-state index is 12.7. The van der Waals surface area contributed by atoms with Crippen LogP contribution in [0.2, 0.25) is 0 Å². The van der Waals surface area contributed by atoms with Gasteiger partial charge in [0, 0.05) is 24.9 Å². The summed E-state index contributed by atoms with van der Waals surface area (Å²) in [5.41, 5.74) is 2.07. The number of amides is 3. The Kier molecular flexibility index (Phi) is 6.74. The van der Waals surface area contributed by atoms with Crippen molar-refractivity contribution in [2.24, 2.45) is 0 Å². The van der Waals surface area contributed by atoms with Crippen LogP contribution in [0.3, 0.4) is 0 Å². The van der Waals surface area contributed by atoms with E-state index in [0.717, 1.165) is 11.8 Å². The minimum atomic E-state index is -3.30. The SMILES string of the molecule is Cc1cccc(C(=O)NCC(=O)N2CCCN2C(=O)Cc2ccc(S(C)(=O)=O)cc2)c1. The van der Waals surface area contributed by atoms with Crippen LogP contribution in [0.4, 0.5) is 0 Å². The lowest BCUT2D eigenvalue weighted by Crippen LogP contribution is -2.49. The van der Waals surface area contributed by atoms with Gasteiger partial charge in [0.1, 0.15) is 0 Å². The number of rotatable bonds is 6. The molecule has 2 aromatic carbocycles. The van der Waals surface area contributed by atoms with E-state index in [1.54, 1.807) is 30.3 Å². The van der Waals surface area contributed by atoms with Crippen LogP contribution in [0.25, 0.3) is 0 Å². The first-order valence-electron chi connectivity index (χ1n) is 9.89. The second-order valence-electron chi connectivity index (χ2n) is 7.53. The normalized spacial score (nSPS) is 13.9. The monoisotopic (exact) mass is 443 g/mol. The Bertz CT molecular complexity index is 1100. The summed E-state index contributed by atoms with van der Waals surface area (Å²) in [6.45, 7) is 2.49. The first kappa shape index (κ1) is 22.5. The lowest BCUT2D eigenvalue weighted by atomic mass is 10.1. The van der Waals surface area contributed by atoms with E-state index in [4.69, 9.17) is 0 Å². The summed E-state index contributed by atoms with van der Waals surface area (Å²) in [6.07, 6.45) is 1.82. The predicted molar refractivity (Wildman–Crippen MR) is 115 cm³/mol. The van der Waals surface area contributed by atoms with E-state index >= 15 is 0 Å². The van der Waals surface area contributed by atoms with Crippen molar-refractivity contribution in [3.05, 3.63) is 65.2 Å². The number of hydrogen-bond donors (Lipinski definition) is 1. The first-order chi connectivity index (χ1) is 14.6. The standard InChI is InChI=1S/C22H25N3O5S/c1-16-5-3-6-18(13-16)22(28)23-15-21(27)25-12-4-11-24(25)20(26)14-17-7-9-19(10-8-17)31(2,29)30/h3,5-10,13H,4,11-12,14-15H2,1-2H3,(H,23,28). The minimum absolute atomic E-state index is 0.0451. The minimum Gasteiger partial charge on any atom is -0.343 e. The second-order valence-corrected chi connectivity index (χ2v) is 9.55. The van der Waals surface area contributed by atoms with Crippen LogP contribution in [0.1, 0.15) is 27.9 Å². The van der Waals surface area contributed by atoms with Gasteiger partial charge in [0.05, 0.1) is 17.9 Å². The molecule has 31 heavy (non-hydrogen) atoms. The third-order valence-corrected chi connectivity index (χ3v) is 6.12. The number of hydrogen-bond acceptors (Lipinski definition) is 5. The summed E-state index contributed by atoms with van der Waals surface area (Å²) < 4.78 is 23.1. The molecule has 1 saturated heterocycles. The maximum absolute atomic E-state index is 12.7. The van der Waals surface area contributed by atoms with Crippen molar-refractivity contribution in [2.75, 3.05) is 25.9 Å². The zero-order valence-electron chi connectivity index (χ0n) is 17.5. The molecule has 0 bridgehead atoms. The maximum Gasteiger partial charge on any atom is 0.260 e. The molecule has 1 aliphatic rings. The van der Waals surface area contributed by atoms with Crippen LogP contribution in [0, 0.1) is 6.92 Å². The van der Waals surface area contributed by atoms with E-state index in [9.17, 15) is 22.8 Å². The Morgan fingerprint density at radius 2 is 1.61 bits per heavy atom. The van der Waals surface area contributed by atoms with Gasteiger partial charge in [0.15, 0.2) is 9.84 Å². The number of carbonyl (C=O) groups is 3. The van der Waals surface area contributed by atoms with Crippen molar-refractivity contribution >= 4 is 27.6 Å². The van der Waals surface area contributed by atoms with Crippen LogP contribution < -0.4 is 5.32 Å².